The third-order valence-corrected chi connectivity index (χ3v) is 6.11. The summed E-state index contributed by atoms with van der Waals surface area (Å²) in [7, 11) is 0. The lowest BCUT2D eigenvalue weighted by atomic mass is 10.2. The summed E-state index contributed by atoms with van der Waals surface area (Å²) in [5.74, 6) is -0.608. The normalized spacial score (nSPS) is 15.0. The van der Waals surface area contributed by atoms with Crippen LogP contribution in [0.5, 0.6) is 5.88 Å². The van der Waals surface area contributed by atoms with Gasteiger partial charge in [-0.2, -0.15) is 0 Å². The van der Waals surface area contributed by atoms with E-state index in [4.69, 9.17) is 23.2 Å². The van der Waals surface area contributed by atoms with Crippen molar-refractivity contribution in [1.29, 1.82) is 0 Å². The van der Waals surface area contributed by atoms with Gasteiger partial charge in [0.05, 0.1) is 29.2 Å². The summed E-state index contributed by atoms with van der Waals surface area (Å²) in [5.41, 5.74) is 1.31. The molecule has 1 saturated heterocycles. The van der Waals surface area contributed by atoms with Gasteiger partial charge in [-0.3, -0.25) is 9.36 Å². The van der Waals surface area contributed by atoms with E-state index in [1.165, 1.54) is 29.9 Å². The van der Waals surface area contributed by atoms with E-state index in [1.54, 1.807) is 6.07 Å². The van der Waals surface area contributed by atoms with E-state index >= 15 is 0 Å². The Morgan fingerprint density at radius 2 is 1.93 bits per heavy atom. The van der Waals surface area contributed by atoms with Crippen molar-refractivity contribution >= 4 is 61.6 Å². The number of amides is 1. The van der Waals surface area contributed by atoms with Gasteiger partial charge >= 0.3 is 0 Å². The first-order chi connectivity index (χ1) is 13.9. The van der Waals surface area contributed by atoms with Gasteiger partial charge in [0.15, 0.2) is 12.4 Å². The van der Waals surface area contributed by atoms with Gasteiger partial charge in [0.25, 0.3) is 5.91 Å². The number of quaternary nitrogens is 1. The number of nitrogens with zero attached hydrogens (tertiary/aromatic N) is 3. The summed E-state index contributed by atoms with van der Waals surface area (Å²) in [5, 5.41) is 20.1. The van der Waals surface area contributed by atoms with Crippen molar-refractivity contribution in [3.05, 3.63) is 56.5 Å². The SMILES string of the molecule is O=C(N=Nc1c(O)n(C[NH+]2CCCC2)c2ccc(Br)cc12)c1ccc(Cl)cc1Cl. The average Bonchev–Trinajstić information content (AvgIpc) is 3.27. The van der Waals surface area contributed by atoms with E-state index in [9.17, 15) is 9.90 Å². The lowest BCUT2D eigenvalue weighted by molar-refractivity contribution is -0.910. The van der Waals surface area contributed by atoms with Gasteiger partial charge in [-0.15, -0.1) is 10.2 Å². The minimum atomic E-state index is -0.605. The van der Waals surface area contributed by atoms with Crippen LogP contribution in [0.4, 0.5) is 5.69 Å². The quantitative estimate of drug-likeness (QED) is 0.500. The molecule has 1 aliphatic heterocycles. The zero-order valence-electron chi connectivity index (χ0n) is 15.3. The van der Waals surface area contributed by atoms with Gasteiger partial charge in [0, 0.05) is 27.7 Å². The van der Waals surface area contributed by atoms with E-state index in [0.717, 1.165) is 23.1 Å². The third kappa shape index (κ3) is 4.19. The number of halogens is 3. The Kier molecular flexibility index (Phi) is 5.92. The molecule has 1 amide bonds. The Morgan fingerprint density at radius 3 is 2.66 bits per heavy atom. The van der Waals surface area contributed by atoms with Crippen molar-refractivity contribution < 1.29 is 14.8 Å². The molecule has 2 aromatic carbocycles. The first-order valence-corrected chi connectivity index (χ1v) is 10.7. The first kappa shape index (κ1) is 20.3. The van der Waals surface area contributed by atoms with Crippen LogP contribution in [0, 0.1) is 0 Å². The van der Waals surface area contributed by atoms with Crippen molar-refractivity contribution in [3.63, 3.8) is 0 Å². The van der Waals surface area contributed by atoms with Crippen LogP contribution in [-0.4, -0.2) is 28.7 Å². The van der Waals surface area contributed by atoms with Crippen molar-refractivity contribution in [2.45, 2.75) is 19.5 Å². The highest BCUT2D eigenvalue weighted by Crippen LogP contribution is 2.40. The molecule has 3 aromatic rings. The molecule has 4 rings (SSSR count). The van der Waals surface area contributed by atoms with E-state index < -0.39 is 5.91 Å². The molecule has 0 bridgehead atoms. The first-order valence-electron chi connectivity index (χ1n) is 9.19. The molecule has 0 saturated carbocycles. The molecule has 9 heteroatoms. The van der Waals surface area contributed by atoms with Crippen LogP contribution < -0.4 is 4.90 Å². The minimum Gasteiger partial charge on any atom is -0.493 e. The molecule has 29 heavy (non-hydrogen) atoms. The van der Waals surface area contributed by atoms with Crippen molar-refractivity contribution in [2.24, 2.45) is 10.2 Å². The van der Waals surface area contributed by atoms with Gasteiger partial charge in [-0.05, 0) is 36.4 Å². The number of hydrogen-bond donors (Lipinski definition) is 2. The summed E-state index contributed by atoms with van der Waals surface area (Å²) in [6.07, 6.45) is 2.37. The van der Waals surface area contributed by atoms with Gasteiger partial charge < -0.3 is 10.0 Å². The lowest BCUT2D eigenvalue weighted by Gasteiger charge is -2.14. The number of hydrogen-bond acceptors (Lipinski definition) is 3. The molecule has 0 radical (unpaired) electrons. The number of azo groups is 1. The number of likely N-dealkylation sites (tertiary alicyclic amines) is 1. The summed E-state index contributed by atoms with van der Waals surface area (Å²) >= 11 is 15.4. The topological polar surface area (TPSA) is 71.4 Å². The molecule has 0 spiro atoms. The number of fused-ring (bicyclic) bond motifs is 1. The minimum absolute atomic E-state index is 0.00347. The summed E-state index contributed by atoms with van der Waals surface area (Å²) in [6.45, 7) is 2.77. The van der Waals surface area contributed by atoms with Crippen molar-refractivity contribution in [3.8, 4) is 5.88 Å². The number of carbonyl (C=O) groups is 1. The molecule has 0 aliphatic carbocycles. The van der Waals surface area contributed by atoms with Crippen LogP contribution in [0.3, 0.4) is 0 Å². The van der Waals surface area contributed by atoms with Gasteiger partial charge in [-0.25, -0.2) is 0 Å². The molecular formula is C20H18BrCl2N4O2+. The Hall–Kier alpha value is -1.93. The standard InChI is InChI=1S/C20H17BrCl2N4O2/c21-12-3-6-17-15(9-12)18(20(29)27(17)11-26-7-1-2-8-26)24-25-19(28)14-5-4-13(22)10-16(14)23/h3-6,9-10,29H,1-2,7-8,11H2/p+1. The number of aromatic nitrogens is 1. The Bertz CT molecular complexity index is 1120. The maximum absolute atomic E-state index is 12.5. The van der Waals surface area contributed by atoms with Crippen LogP contribution in [-0.2, 0) is 6.67 Å². The number of aromatic hydroxyl groups is 1. The second-order valence-corrected chi connectivity index (χ2v) is 8.77. The zero-order valence-corrected chi connectivity index (χ0v) is 18.4. The van der Waals surface area contributed by atoms with Crippen molar-refractivity contribution in [1.82, 2.24) is 4.57 Å². The highest BCUT2D eigenvalue weighted by Gasteiger charge is 2.23. The van der Waals surface area contributed by atoms with E-state index in [0.29, 0.717) is 17.1 Å². The van der Waals surface area contributed by atoms with E-state index in [2.05, 4.69) is 26.2 Å². The second-order valence-electron chi connectivity index (χ2n) is 7.01. The monoisotopic (exact) mass is 495 g/mol. The van der Waals surface area contributed by atoms with Crippen LogP contribution in [0.25, 0.3) is 10.9 Å². The van der Waals surface area contributed by atoms with Crippen molar-refractivity contribution in [2.75, 3.05) is 13.1 Å². The smallest absolute Gasteiger partial charge is 0.296 e. The summed E-state index contributed by atoms with van der Waals surface area (Å²) in [6, 6.07) is 10.2. The fourth-order valence-electron chi connectivity index (χ4n) is 3.62. The molecule has 1 fully saturated rings. The highest BCUT2D eigenvalue weighted by molar-refractivity contribution is 9.10. The maximum atomic E-state index is 12.5. The van der Waals surface area contributed by atoms with Crippen LogP contribution in [0.2, 0.25) is 10.0 Å². The number of benzene rings is 2. The van der Waals surface area contributed by atoms with Crippen LogP contribution in [0.1, 0.15) is 23.2 Å². The molecule has 150 valence electrons. The highest BCUT2D eigenvalue weighted by atomic mass is 79.9. The molecule has 2 heterocycles. The number of rotatable bonds is 4. The number of nitrogens with one attached hydrogen (secondary N) is 1. The molecule has 6 nitrogen and oxygen atoms in total. The van der Waals surface area contributed by atoms with E-state index in [1.807, 2.05) is 22.8 Å². The molecule has 0 unspecified atom stereocenters. The second kappa shape index (κ2) is 8.44. The van der Waals surface area contributed by atoms with Crippen LogP contribution >= 0.6 is 39.1 Å². The van der Waals surface area contributed by atoms with Gasteiger partial charge in [-0.1, -0.05) is 39.1 Å². The predicted molar refractivity (Wildman–Crippen MR) is 117 cm³/mol. The third-order valence-electron chi connectivity index (χ3n) is 5.07. The Morgan fingerprint density at radius 1 is 1.17 bits per heavy atom. The molecular weight excluding hydrogens is 479 g/mol. The average molecular weight is 497 g/mol. The fraction of sp³-hybridized carbons (Fsp3) is 0.250. The molecule has 1 aliphatic rings. The Labute approximate surface area is 185 Å². The maximum Gasteiger partial charge on any atom is 0.296 e. The van der Waals surface area contributed by atoms with Gasteiger partial charge in [0.1, 0.15) is 0 Å². The van der Waals surface area contributed by atoms with Crippen LogP contribution in [0.15, 0.2) is 51.1 Å². The number of carbonyl (C=O) groups excluding carboxylic acids is 1. The molecule has 2 N–H and O–H groups in total. The molecule has 0 atom stereocenters. The fourth-order valence-corrected chi connectivity index (χ4v) is 4.47. The predicted octanol–water partition coefficient (Wildman–Crippen LogP) is 4.98. The lowest BCUT2D eigenvalue weighted by Crippen LogP contribution is -3.09. The summed E-state index contributed by atoms with van der Waals surface area (Å²) < 4.78 is 2.68. The van der Waals surface area contributed by atoms with Gasteiger partial charge in [0.2, 0.25) is 5.88 Å². The Balaban J connectivity index is 1.72. The largest absolute Gasteiger partial charge is 0.493 e. The molecule has 1 aromatic heterocycles. The summed E-state index contributed by atoms with van der Waals surface area (Å²) in [4.78, 5) is 13.9. The van der Waals surface area contributed by atoms with E-state index in [-0.39, 0.29) is 22.2 Å². The zero-order chi connectivity index (χ0) is 20.5.